The van der Waals surface area contributed by atoms with Crippen LogP contribution in [0.25, 0.3) is 22.3 Å². The molecule has 1 heterocycles. The van der Waals surface area contributed by atoms with Crippen molar-refractivity contribution in [1.29, 1.82) is 0 Å². The fraction of sp³-hybridized carbons (Fsp3) is 0.244. The number of benzene rings is 4. The Morgan fingerprint density at radius 1 is 0.732 bits per heavy atom. The van der Waals surface area contributed by atoms with Gasteiger partial charge in [-0.2, -0.15) is 0 Å². The Hall–Kier alpha value is -6.62. The second-order valence-corrected chi connectivity index (χ2v) is 14.9. The molecule has 11 heteroatoms. The number of carbonyl (C=O) groups excluding carboxylic acids is 1. The van der Waals surface area contributed by atoms with Crippen LogP contribution in [-0.4, -0.2) is 46.6 Å². The van der Waals surface area contributed by atoms with Gasteiger partial charge in [0.1, 0.15) is 62.7 Å². The maximum absolute atomic E-state index is 15.1. The lowest BCUT2D eigenvalue weighted by Crippen LogP contribution is -2.32. The summed E-state index contributed by atoms with van der Waals surface area (Å²) in [4.78, 5) is 29.6. The van der Waals surface area contributed by atoms with E-state index in [2.05, 4.69) is 0 Å². The van der Waals surface area contributed by atoms with E-state index in [0.717, 1.165) is 34.9 Å². The zero-order chi connectivity index (χ0) is 40.7. The van der Waals surface area contributed by atoms with Gasteiger partial charge in [-0.1, -0.05) is 41.0 Å². The standard InChI is InChI=1S/C45H44O11/c1-21(2)6-10-27-33(48)15-14-29(41(27)53)42(54)38-31(26-12-8-24(46)18-34(26)49)16-23(5)17-32(38)39-36(51)20-37(52)40-43(55)30(11-7-22(3)4)44(56-45(39)40)28-13-9-25(47)19-35(28)50/h6-9,12-15,17-20,31-32,38,46-53H,10-11,16H2,1-5H3. The van der Waals surface area contributed by atoms with Gasteiger partial charge in [-0.25, -0.2) is 0 Å². The van der Waals surface area contributed by atoms with Crippen molar-refractivity contribution in [1.82, 2.24) is 0 Å². The van der Waals surface area contributed by atoms with Crippen LogP contribution >= 0.6 is 0 Å². The van der Waals surface area contributed by atoms with E-state index in [-0.39, 0.29) is 92.4 Å². The molecule has 3 atom stereocenters. The lowest BCUT2D eigenvalue weighted by Gasteiger charge is -2.37. The first-order valence-electron chi connectivity index (χ1n) is 18.1. The Morgan fingerprint density at radius 2 is 1.36 bits per heavy atom. The van der Waals surface area contributed by atoms with Crippen LogP contribution in [0.5, 0.6) is 46.0 Å². The first-order valence-corrected chi connectivity index (χ1v) is 18.1. The zero-order valence-electron chi connectivity index (χ0n) is 31.6. The molecule has 3 unspecified atom stereocenters. The number of fused-ring (bicyclic) bond motifs is 1. The number of rotatable bonds is 9. The SMILES string of the molecule is CC(C)=CCc1c(O)ccc(C(=O)C2C(c3c(O)cc(O)c4c(=O)c(CC=C(C)C)c(-c5ccc(O)cc5O)oc34)C=C(C)CC2c2ccc(O)cc2O)c1O. The average Bonchev–Trinajstić information content (AvgIpc) is 3.10. The van der Waals surface area contributed by atoms with Crippen LogP contribution < -0.4 is 5.43 Å². The minimum Gasteiger partial charge on any atom is -0.508 e. The van der Waals surface area contributed by atoms with Crippen molar-refractivity contribution in [2.45, 2.75) is 65.7 Å². The van der Waals surface area contributed by atoms with Crippen LogP contribution in [0.2, 0.25) is 0 Å². The minimum atomic E-state index is -1.24. The van der Waals surface area contributed by atoms with E-state index in [0.29, 0.717) is 0 Å². The molecule has 0 saturated carbocycles. The minimum absolute atomic E-state index is 0.0346. The second kappa shape index (κ2) is 15.3. The molecule has 0 saturated heterocycles. The van der Waals surface area contributed by atoms with Crippen molar-refractivity contribution in [3.63, 3.8) is 0 Å². The summed E-state index contributed by atoms with van der Waals surface area (Å²) in [5.41, 5.74) is 1.85. The Bertz CT molecular complexity index is 2550. The molecule has 8 N–H and O–H groups in total. The Labute approximate surface area is 322 Å². The van der Waals surface area contributed by atoms with Gasteiger partial charge in [-0.15, -0.1) is 0 Å². The van der Waals surface area contributed by atoms with E-state index >= 15 is 4.79 Å². The molecule has 56 heavy (non-hydrogen) atoms. The molecule has 6 rings (SSSR count). The number of ketones is 1. The van der Waals surface area contributed by atoms with E-state index < -0.39 is 52.0 Å². The number of phenolic OH excluding ortho intramolecular Hbond substituents is 8. The number of Topliss-reactive ketones (excluding diaryl/α,β-unsaturated/α-hetero) is 1. The summed E-state index contributed by atoms with van der Waals surface area (Å²) in [6.45, 7) is 9.17. The number of carbonyl (C=O) groups is 1. The molecule has 0 bridgehead atoms. The highest BCUT2D eigenvalue weighted by molar-refractivity contribution is 6.03. The number of phenols is 8. The fourth-order valence-electron chi connectivity index (χ4n) is 7.60. The predicted molar refractivity (Wildman–Crippen MR) is 212 cm³/mol. The summed E-state index contributed by atoms with van der Waals surface area (Å²) in [7, 11) is 0. The molecule has 0 amide bonds. The normalized spacial score (nSPS) is 16.7. The molecular formula is C45H44O11. The summed E-state index contributed by atoms with van der Waals surface area (Å²) >= 11 is 0. The third-order valence-electron chi connectivity index (χ3n) is 10.3. The van der Waals surface area contributed by atoms with E-state index in [9.17, 15) is 45.6 Å². The number of hydrogen-bond acceptors (Lipinski definition) is 11. The first-order chi connectivity index (χ1) is 26.5. The molecule has 290 valence electrons. The first kappa shape index (κ1) is 39.1. The predicted octanol–water partition coefficient (Wildman–Crippen LogP) is 8.84. The molecule has 1 aromatic heterocycles. The van der Waals surface area contributed by atoms with Crippen molar-refractivity contribution >= 4 is 16.8 Å². The quantitative estimate of drug-likeness (QED) is 0.0526. The third kappa shape index (κ3) is 7.27. The molecule has 0 spiro atoms. The molecule has 5 aromatic rings. The summed E-state index contributed by atoms with van der Waals surface area (Å²) in [6, 6.07) is 11.4. The van der Waals surface area contributed by atoms with Crippen molar-refractivity contribution in [2.24, 2.45) is 5.92 Å². The maximum atomic E-state index is 15.1. The summed E-state index contributed by atoms with van der Waals surface area (Å²) in [5.74, 6) is -6.93. The van der Waals surface area contributed by atoms with Crippen LogP contribution in [0, 0.1) is 5.92 Å². The Kier molecular flexibility index (Phi) is 10.6. The monoisotopic (exact) mass is 760 g/mol. The third-order valence-corrected chi connectivity index (χ3v) is 10.3. The molecular weight excluding hydrogens is 716 g/mol. The smallest absolute Gasteiger partial charge is 0.200 e. The van der Waals surface area contributed by atoms with Crippen molar-refractivity contribution < 1.29 is 50.1 Å². The van der Waals surface area contributed by atoms with Gasteiger partial charge in [0.25, 0.3) is 0 Å². The van der Waals surface area contributed by atoms with Gasteiger partial charge < -0.3 is 45.3 Å². The van der Waals surface area contributed by atoms with E-state index in [1.54, 1.807) is 25.2 Å². The van der Waals surface area contributed by atoms with E-state index in [1.807, 2.05) is 27.7 Å². The van der Waals surface area contributed by atoms with Gasteiger partial charge in [0.2, 0.25) is 5.43 Å². The van der Waals surface area contributed by atoms with Crippen molar-refractivity contribution in [2.75, 3.05) is 0 Å². The van der Waals surface area contributed by atoms with Crippen molar-refractivity contribution in [3.05, 3.63) is 128 Å². The highest BCUT2D eigenvalue weighted by atomic mass is 16.3. The topological polar surface area (TPSA) is 209 Å². The largest absolute Gasteiger partial charge is 0.508 e. The lowest BCUT2D eigenvalue weighted by molar-refractivity contribution is 0.0877. The van der Waals surface area contributed by atoms with Gasteiger partial charge in [-0.05, 0) is 89.8 Å². The molecule has 0 fully saturated rings. The summed E-state index contributed by atoms with van der Waals surface area (Å²) in [6.07, 6.45) is 5.64. The van der Waals surface area contributed by atoms with Gasteiger partial charge in [0.05, 0.1) is 11.1 Å². The Balaban J connectivity index is 1.69. The van der Waals surface area contributed by atoms with E-state index in [1.165, 1.54) is 36.4 Å². The van der Waals surface area contributed by atoms with Crippen LogP contribution in [0.15, 0.2) is 98.8 Å². The summed E-state index contributed by atoms with van der Waals surface area (Å²) < 4.78 is 6.52. The highest BCUT2D eigenvalue weighted by Gasteiger charge is 2.44. The number of hydrogen-bond donors (Lipinski definition) is 8. The molecule has 1 aliphatic rings. The zero-order valence-corrected chi connectivity index (χ0v) is 31.6. The van der Waals surface area contributed by atoms with Gasteiger partial charge >= 0.3 is 0 Å². The fourth-order valence-corrected chi connectivity index (χ4v) is 7.60. The molecule has 1 aliphatic carbocycles. The average molecular weight is 761 g/mol. The lowest BCUT2D eigenvalue weighted by atomic mass is 9.65. The molecule has 0 aliphatic heterocycles. The van der Waals surface area contributed by atoms with Gasteiger partial charge in [0.15, 0.2) is 5.78 Å². The van der Waals surface area contributed by atoms with E-state index in [4.69, 9.17) is 4.42 Å². The van der Waals surface area contributed by atoms with Crippen LogP contribution in [-0.2, 0) is 12.8 Å². The van der Waals surface area contributed by atoms with Gasteiger partial charge in [0, 0.05) is 52.6 Å². The highest BCUT2D eigenvalue weighted by Crippen LogP contribution is 2.53. The van der Waals surface area contributed by atoms with Crippen molar-refractivity contribution in [3.8, 4) is 57.3 Å². The summed E-state index contributed by atoms with van der Waals surface area (Å²) in [5, 5.41) is 87.4. The van der Waals surface area contributed by atoms with Crippen LogP contribution in [0.1, 0.15) is 85.5 Å². The number of aromatic hydroxyl groups is 8. The molecule has 4 aromatic carbocycles. The number of allylic oxidation sites excluding steroid dienone is 6. The maximum Gasteiger partial charge on any atom is 0.200 e. The van der Waals surface area contributed by atoms with Crippen LogP contribution in [0.3, 0.4) is 0 Å². The molecule has 11 nitrogen and oxygen atoms in total. The molecule has 0 radical (unpaired) electrons. The second-order valence-electron chi connectivity index (χ2n) is 14.9. The van der Waals surface area contributed by atoms with Crippen LogP contribution in [0.4, 0.5) is 0 Å². The van der Waals surface area contributed by atoms with Gasteiger partial charge in [-0.3, -0.25) is 9.59 Å². The Morgan fingerprint density at radius 3 is 1.98 bits per heavy atom.